The molecule has 0 aliphatic rings. The maximum atomic E-state index is 5.47. The molecular weight excluding hydrogens is 236 g/mol. The first-order valence-electron chi connectivity index (χ1n) is 5.36. The first-order valence-corrected chi connectivity index (χ1v) is 7.08. The highest BCUT2D eigenvalue weighted by Crippen LogP contribution is 2.23. The third-order valence-electron chi connectivity index (χ3n) is 3.02. The number of hydrogen-bond donors (Lipinski definition) is 0. The first-order chi connectivity index (χ1) is 8.06. The average Bonchev–Trinajstić information content (AvgIpc) is 2.36. The van der Waals surface area contributed by atoms with Gasteiger partial charge in [-0.1, -0.05) is 12.1 Å². The van der Waals surface area contributed by atoms with Crippen molar-refractivity contribution in [2.75, 3.05) is 28.4 Å². The molecule has 5 heteroatoms. The fraction of sp³-hybridized carbons (Fsp3) is 0.500. The van der Waals surface area contributed by atoms with E-state index in [0.29, 0.717) is 0 Å². The zero-order valence-electron chi connectivity index (χ0n) is 11.3. The normalized spacial score (nSPS) is 11.6. The Bertz CT molecular complexity index is 380. The van der Waals surface area contributed by atoms with Crippen LogP contribution in [0.1, 0.15) is 11.1 Å². The average molecular weight is 256 g/mol. The highest BCUT2D eigenvalue weighted by Gasteiger charge is 2.44. The van der Waals surface area contributed by atoms with E-state index in [9.17, 15) is 0 Å². The number of hydrogen-bond acceptors (Lipinski definition) is 4. The quantitative estimate of drug-likeness (QED) is 0.746. The lowest BCUT2D eigenvalue weighted by Gasteiger charge is -2.27. The van der Waals surface area contributed by atoms with E-state index in [1.54, 1.807) is 28.4 Å². The van der Waals surface area contributed by atoms with Crippen molar-refractivity contribution in [3.8, 4) is 5.75 Å². The van der Waals surface area contributed by atoms with Gasteiger partial charge in [0, 0.05) is 21.3 Å². The summed E-state index contributed by atoms with van der Waals surface area (Å²) in [5.41, 5.74) is 2.24. The molecule has 0 bridgehead atoms. The fourth-order valence-corrected chi connectivity index (χ4v) is 3.89. The van der Waals surface area contributed by atoms with Crippen molar-refractivity contribution in [3.05, 3.63) is 23.3 Å². The van der Waals surface area contributed by atoms with Crippen LogP contribution < -0.4 is 9.92 Å². The molecule has 0 fully saturated rings. The molecule has 1 rings (SSSR count). The number of rotatable bonds is 5. The molecule has 0 aromatic heterocycles. The minimum Gasteiger partial charge on any atom is -0.496 e. The van der Waals surface area contributed by atoms with Crippen molar-refractivity contribution in [1.82, 2.24) is 0 Å². The Morgan fingerprint density at radius 2 is 1.41 bits per heavy atom. The van der Waals surface area contributed by atoms with Gasteiger partial charge in [-0.3, -0.25) is 0 Å². The largest absolute Gasteiger partial charge is 0.540 e. The summed E-state index contributed by atoms with van der Waals surface area (Å²) < 4.78 is 21.9. The summed E-state index contributed by atoms with van der Waals surface area (Å²) in [6, 6.07) is 3.97. The smallest absolute Gasteiger partial charge is 0.496 e. The van der Waals surface area contributed by atoms with Gasteiger partial charge in [0.1, 0.15) is 5.75 Å². The first kappa shape index (κ1) is 14.2. The molecule has 0 radical (unpaired) electrons. The molecular formula is C12H20O4Si. The second-order valence-corrected chi connectivity index (χ2v) is 6.63. The van der Waals surface area contributed by atoms with Crippen LogP contribution in [0.3, 0.4) is 0 Å². The summed E-state index contributed by atoms with van der Waals surface area (Å²) in [6.07, 6.45) is 0. The Morgan fingerprint density at radius 3 is 1.82 bits per heavy atom. The third-order valence-corrected chi connectivity index (χ3v) is 5.68. The van der Waals surface area contributed by atoms with Crippen molar-refractivity contribution >= 4 is 14.0 Å². The van der Waals surface area contributed by atoms with Gasteiger partial charge in [-0.05, 0) is 25.0 Å². The predicted octanol–water partition coefficient (Wildman–Crippen LogP) is 1.40. The molecule has 0 saturated carbocycles. The van der Waals surface area contributed by atoms with Crippen LogP contribution in [0.5, 0.6) is 5.75 Å². The molecule has 0 amide bonds. The SMILES string of the molecule is COc1c([Si](OC)(OC)OC)ccc(C)c1C. The highest BCUT2D eigenvalue weighted by molar-refractivity contribution is 6.76. The number of benzene rings is 1. The number of ether oxygens (including phenoxy) is 1. The molecule has 0 heterocycles. The molecule has 96 valence electrons. The van der Waals surface area contributed by atoms with E-state index in [4.69, 9.17) is 18.0 Å². The standard InChI is InChI=1S/C12H20O4Si/c1-9-7-8-11(12(13-3)10(9)2)17(14-4,15-5)16-6/h7-8H,1-6H3. The van der Waals surface area contributed by atoms with Crippen molar-refractivity contribution in [2.45, 2.75) is 13.8 Å². The maximum Gasteiger partial charge on any atom is 0.540 e. The Morgan fingerprint density at radius 1 is 0.882 bits per heavy atom. The van der Waals surface area contributed by atoms with Crippen molar-refractivity contribution in [3.63, 3.8) is 0 Å². The molecule has 4 nitrogen and oxygen atoms in total. The van der Waals surface area contributed by atoms with Gasteiger partial charge in [0.05, 0.1) is 12.3 Å². The summed E-state index contributed by atoms with van der Waals surface area (Å²) in [6.45, 7) is 4.05. The molecule has 0 unspecified atom stereocenters. The molecule has 0 saturated heterocycles. The zero-order chi connectivity index (χ0) is 13.1. The fourth-order valence-electron chi connectivity index (χ4n) is 1.87. The minimum atomic E-state index is -2.84. The van der Waals surface area contributed by atoms with Gasteiger partial charge in [-0.15, -0.1) is 0 Å². The number of methoxy groups -OCH3 is 1. The van der Waals surface area contributed by atoms with Gasteiger partial charge in [0.2, 0.25) is 0 Å². The summed E-state index contributed by atoms with van der Waals surface area (Å²) in [7, 11) is 3.58. The molecule has 0 atom stereocenters. The van der Waals surface area contributed by atoms with Gasteiger partial charge >= 0.3 is 8.80 Å². The van der Waals surface area contributed by atoms with Crippen LogP contribution in [0.2, 0.25) is 0 Å². The summed E-state index contributed by atoms with van der Waals surface area (Å²) in [5, 5.41) is 0.857. The van der Waals surface area contributed by atoms with Crippen LogP contribution in [0, 0.1) is 13.8 Å². The minimum absolute atomic E-state index is 0.780. The maximum absolute atomic E-state index is 5.47. The van der Waals surface area contributed by atoms with Crippen molar-refractivity contribution in [2.24, 2.45) is 0 Å². The van der Waals surface area contributed by atoms with Crippen LogP contribution >= 0.6 is 0 Å². The zero-order valence-corrected chi connectivity index (χ0v) is 12.3. The van der Waals surface area contributed by atoms with Gasteiger partial charge in [0.25, 0.3) is 0 Å². The van der Waals surface area contributed by atoms with Gasteiger partial charge < -0.3 is 18.0 Å². The van der Waals surface area contributed by atoms with Crippen molar-refractivity contribution in [1.29, 1.82) is 0 Å². The van der Waals surface area contributed by atoms with E-state index in [1.165, 1.54) is 0 Å². The predicted molar refractivity (Wildman–Crippen MR) is 68.9 cm³/mol. The molecule has 0 N–H and O–H groups in total. The lowest BCUT2D eigenvalue weighted by molar-refractivity contribution is 0.139. The van der Waals surface area contributed by atoms with Crippen LogP contribution in [-0.2, 0) is 13.3 Å². The molecule has 1 aromatic rings. The van der Waals surface area contributed by atoms with Gasteiger partial charge in [-0.2, -0.15) is 0 Å². The molecule has 1 aromatic carbocycles. The van der Waals surface area contributed by atoms with Crippen LogP contribution in [-0.4, -0.2) is 37.2 Å². The third kappa shape index (κ3) is 2.37. The van der Waals surface area contributed by atoms with E-state index in [2.05, 4.69) is 0 Å². The lowest BCUT2D eigenvalue weighted by Crippen LogP contribution is -2.55. The van der Waals surface area contributed by atoms with E-state index < -0.39 is 8.80 Å². The molecule has 0 aliphatic carbocycles. The molecule has 17 heavy (non-hydrogen) atoms. The van der Waals surface area contributed by atoms with Gasteiger partial charge in [-0.25, -0.2) is 0 Å². The van der Waals surface area contributed by atoms with Crippen LogP contribution in [0.15, 0.2) is 12.1 Å². The molecule has 0 aliphatic heterocycles. The molecule has 0 spiro atoms. The Balaban J connectivity index is 3.44. The lowest BCUT2D eigenvalue weighted by atomic mass is 10.1. The van der Waals surface area contributed by atoms with Gasteiger partial charge in [0.15, 0.2) is 0 Å². The number of aryl methyl sites for hydroxylation is 1. The Hall–Kier alpha value is -0.883. The summed E-state index contributed by atoms with van der Waals surface area (Å²) in [4.78, 5) is 0. The summed E-state index contributed by atoms with van der Waals surface area (Å²) in [5.74, 6) is 0.780. The van der Waals surface area contributed by atoms with Crippen molar-refractivity contribution < 1.29 is 18.0 Å². The summed E-state index contributed by atoms with van der Waals surface area (Å²) >= 11 is 0. The topological polar surface area (TPSA) is 36.9 Å². The van der Waals surface area contributed by atoms with E-state index in [1.807, 2.05) is 26.0 Å². The van der Waals surface area contributed by atoms with E-state index in [-0.39, 0.29) is 0 Å². The monoisotopic (exact) mass is 256 g/mol. The van der Waals surface area contributed by atoms with E-state index >= 15 is 0 Å². The van der Waals surface area contributed by atoms with E-state index in [0.717, 1.165) is 22.1 Å². The second-order valence-electron chi connectivity index (χ2n) is 3.76. The Labute approximate surface area is 104 Å². The second kappa shape index (κ2) is 5.64. The highest BCUT2D eigenvalue weighted by atomic mass is 28.4. The Kier molecular flexibility index (Phi) is 4.70. The van der Waals surface area contributed by atoms with Crippen LogP contribution in [0.25, 0.3) is 0 Å². The van der Waals surface area contributed by atoms with Crippen LogP contribution in [0.4, 0.5) is 0 Å².